The lowest BCUT2D eigenvalue weighted by Gasteiger charge is -2.45. The summed E-state index contributed by atoms with van der Waals surface area (Å²) in [4.78, 5) is 23.2. The zero-order valence-electron chi connectivity index (χ0n) is 13.2. The van der Waals surface area contributed by atoms with Gasteiger partial charge in [-0.1, -0.05) is 23.7 Å². The largest absolute Gasteiger partial charge is 0.490 e. The van der Waals surface area contributed by atoms with Crippen molar-refractivity contribution >= 4 is 23.5 Å². The molecule has 1 amide bonds. The van der Waals surface area contributed by atoms with Crippen molar-refractivity contribution in [3.63, 3.8) is 0 Å². The molecule has 0 bridgehead atoms. The molecule has 2 aliphatic rings. The average molecular weight is 379 g/mol. The molecule has 9 heteroatoms. The van der Waals surface area contributed by atoms with E-state index in [1.807, 2.05) is 29.2 Å². The fourth-order valence-corrected chi connectivity index (χ4v) is 2.97. The molecule has 138 valence electrons. The molecule has 1 aromatic rings. The number of hydrogen-bond acceptors (Lipinski definition) is 3. The molecule has 2 fully saturated rings. The van der Waals surface area contributed by atoms with Crippen LogP contribution in [0.3, 0.4) is 0 Å². The van der Waals surface area contributed by atoms with Crippen LogP contribution < -0.4 is 5.32 Å². The minimum Gasteiger partial charge on any atom is -0.475 e. The quantitative estimate of drug-likeness (QED) is 0.776. The monoisotopic (exact) mass is 378 g/mol. The van der Waals surface area contributed by atoms with Gasteiger partial charge in [0.1, 0.15) is 0 Å². The lowest BCUT2D eigenvalue weighted by atomic mass is 9.87. The number of halogens is 4. The number of carbonyl (C=O) groups excluding carboxylic acids is 1. The number of alkyl halides is 3. The van der Waals surface area contributed by atoms with Gasteiger partial charge < -0.3 is 15.3 Å². The number of carbonyl (C=O) groups is 2. The van der Waals surface area contributed by atoms with Gasteiger partial charge >= 0.3 is 12.1 Å². The number of β-lactam (4-membered cyclic amide) rings is 1. The number of carboxylic acids is 1. The second-order valence-electron chi connectivity index (χ2n) is 5.88. The molecule has 0 saturated carbocycles. The topological polar surface area (TPSA) is 69.6 Å². The van der Waals surface area contributed by atoms with Crippen LogP contribution >= 0.6 is 11.6 Å². The minimum atomic E-state index is -5.08. The summed E-state index contributed by atoms with van der Waals surface area (Å²) in [6, 6.07) is 8.09. The molecular formula is C16H18ClF3N2O3. The van der Waals surface area contributed by atoms with Crippen LogP contribution in [0.4, 0.5) is 13.2 Å². The molecule has 2 N–H and O–H groups in total. The predicted molar refractivity (Wildman–Crippen MR) is 85.5 cm³/mol. The standard InChI is InChI=1S/C14H17ClN2O.C2HF3O2/c15-11-3-1-10(2-4-11)13-9-17(14(13)18)12-5-7-16-8-6-12;3-2(4,5)1(6)7/h1-4,12-13,16H,5-9H2;(H,6,7). The molecule has 1 aromatic carbocycles. The molecule has 3 rings (SSSR count). The van der Waals surface area contributed by atoms with E-state index in [1.165, 1.54) is 0 Å². The molecule has 5 nitrogen and oxygen atoms in total. The van der Waals surface area contributed by atoms with E-state index in [4.69, 9.17) is 21.5 Å². The van der Waals surface area contributed by atoms with Crippen molar-refractivity contribution in [3.05, 3.63) is 34.9 Å². The lowest BCUT2D eigenvalue weighted by Crippen LogP contribution is -2.57. The fourth-order valence-electron chi connectivity index (χ4n) is 2.84. The third-order valence-electron chi connectivity index (χ3n) is 4.22. The number of aliphatic carboxylic acids is 1. The van der Waals surface area contributed by atoms with E-state index in [0.717, 1.165) is 43.1 Å². The van der Waals surface area contributed by atoms with Gasteiger partial charge in [-0.2, -0.15) is 13.2 Å². The van der Waals surface area contributed by atoms with Gasteiger partial charge in [-0.05, 0) is 43.6 Å². The molecule has 0 aromatic heterocycles. The first kappa shape index (κ1) is 19.5. The van der Waals surface area contributed by atoms with Crippen molar-refractivity contribution < 1.29 is 27.9 Å². The Morgan fingerprint density at radius 2 is 1.72 bits per heavy atom. The number of rotatable bonds is 2. The molecule has 1 atom stereocenters. The summed E-state index contributed by atoms with van der Waals surface area (Å²) in [6.07, 6.45) is -2.92. The first-order chi connectivity index (χ1) is 11.7. The van der Waals surface area contributed by atoms with Crippen LogP contribution in [0.5, 0.6) is 0 Å². The Hall–Kier alpha value is -1.80. The smallest absolute Gasteiger partial charge is 0.475 e. The SMILES string of the molecule is O=C(O)C(F)(F)F.O=C1C(c2ccc(Cl)cc2)CN1C1CCNCC1. The normalized spacial score (nSPS) is 21.2. The average Bonchev–Trinajstić information content (AvgIpc) is 2.56. The van der Waals surface area contributed by atoms with Crippen molar-refractivity contribution in [2.45, 2.75) is 31.0 Å². The first-order valence-electron chi connectivity index (χ1n) is 7.77. The molecule has 0 radical (unpaired) electrons. The fraction of sp³-hybridized carbons (Fsp3) is 0.500. The van der Waals surface area contributed by atoms with Crippen molar-refractivity contribution in [3.8, 4) is 0 Å². The van der Waals surface area contributed by atoms with E-state index in [-0.39, 0.29) is 11.8 Å². The van der Waals surface area contributed by atoms with Gasteiger partial charge in [0.15, 0.2) is 0 Å². The molecule has 2 saturated heterocycles. The van der Waals surface area contributed by atoms with Gasteiger partial charge in [0.25, 0.3) is 0 Å². The van der Waals surface area contributed by atoms with Crippen molar-refractivity contribution in [2.75, 3.05) is 19.6 Å². The van der Waals surface area contributed by atoms with E-state index >= 15 is 0 Å². The van der Waals surface area contributed by atoms with Gasteiger partial charge in [0, 0.05) is 17.6 Å². The Kier molecular flexibility index (Phi) is 6.29. The summed E-state index contributed by atoms with van der Waals surface area (Å²) in [5.41, 5.74) is 1.09. The summed E-state index contributed by atoms with van der Waals surface area (Å²) in [5.74, 6) is -2.42. The Labute approximate surface area is 147 Å². The number of benzene rings is 1. The van der Waals surface area contributed by atoms with Crippen molar-refractivity contribution in [1.29, 1.82) is 0 Å². The Balaban J connectivity index is 0.000000277. The van der Waals surface area contributed by atoms with Crippen molar-refractivity contribution in [2.24, 2.45) is 0 Å². The first-order valence-corrected chi connectivity index (χ1v) is 8.14. The zero-order chi connectivity index (χ0) is 18.6. The van der Waals surface area contributed by atoms with Gasteiger partial charge in [0.05, 0.1) is 5.92 Å². The molecule has 2 aliphatic heterocycles. The summed E-state index contributed by atoms with van der Waals surface area (Å²) in [6.45, 7) is 2.92. The Bertz CT molecular complexity index is 616. The molecule has 25 heavy (non-hydrogen) atoms. The van der Waals surface area contributed by atoms with E-state index in [9.17, 15) is 18.0 Å². The van der Waals surface area contributed by atoms with Crippen LogP contribution in [0.25, 0.3) is 0 Å². The van der Waals surface area contributed by atoms with E-state index < -0.39 is 12.1 Å². The van der Waals surface area contributed by atoms with E-state index in [0.29, 0.717) is 6.04 Å². The van der Waals surface area contributed by atoms with Gasteiger partial charge in [-0.15, -0.1) is 0 Å². The zero-order valence-corrected chi connectivity index (χ0v) is 14.0. The van der Waals surface area contributed by atoms with Crippen LogP contribution in [-0.2, 0) is 9.59 Å². The number of piperidine rings is 1. The number of amides is 1. The molecule has 2 heterocycles. The van der Waals surface area contributed by atoms with E-state index in [1.54, 1.807) is 0 Å². The van der Waals surface area contributed by atoms with Crippen LogP contribution in [0.15, 0.2) is 24.3 Å². The molecular weight excluding hydrogens is 361 g/mol. The van der Waals surface area contributed by atoms with Crippen LogP contribution in [0.2, 0.25) is 5.02 Å². The van der Waals surface area contributed by atoms with Crippen LogP contribution in [-0.4, -0.2) is 53.7 Å². The maximum atomic E-state index is 12.2. The van der Waals surface area contributed by atoms with Gasteiger partial charge in [-0.3, -0.25) is 4.79 Å². The third-order valence-corrected chi connectivity index (χ3v) is 4.48. The number of likely N-dealkylation sites (tertiary alicyclic amines) is 1. The highest BCUT2D eigenvalue weighted by molar-refractivity contribution is 6.30. The Morgan fingerprint density at radius 3 is 2.16 bits per heavy atom. The van der Waals surface area contributed by atoms with Crippen LogP contribution in [0, 0.1) is 0 Å². The highest BCUT2D eigenvalue weighted by atomic mass is 35.5. The molecule has 0 spiro atoms. The number of nitrogens with zero attached hydrogens (tertiary/aromatic N) is 1. The summed E-state index contributed by atoms with van der Waals surface area (Å²) >= 11 is 5.86. The maximum absolute atomic E-state index is 12.2. The predicted octanol–water partition coefficient (Wildman–Crippen LogP) is 2.65. The second-order valence-corrected chi connectivity index (χ2v) is 6.32. The summed E-state index contributed by atoms with van der Waals surface area (Å²) in [7, 11) is 0. The molecule has 0 aliphatic carbocycles. The minimum absolute atomic E-state index is 0.0529. The third kappa shape index (κ3) is 5.09. The highest BCUT2D eigenvalue weighted by Gasteiger charge is 2.41. The second kappa shape index (κ2) is 8.05. The number of carboxylic acid groups (broad SMARTS) is 1. The maximum Gasteiger partial charge on any atom is 0.490 e. The van der Waals surface area contributed by atoms with Gasteiger partial charge in [0.2, 0.25) is 5.91 Å². The molecule has 1 unspecified atom stereocenters. The lowest BCUT2D eigenvalue weighted by molar-refractivity contribution is -0.192. The Morgan fingerprint density at radius 1 is 1.20 bits per heavy atom. The van der Waals surface area contributed by atoms with Gasteiger partial charge in [-0.25, -0.2) is 4.79 Å². The van der Waals surface area contributed by atoms with E-state index in [2.05, 4.69) is 5.32 Å². The van der Waals surface area contributed by atoms with Crippen LogP contribution in [0.1, 0.15) is 24.3 Å². The number of hydrogen-bond donors (Lipinski definition) is 2. The summed E-state index contributed by atoms with van der Waals surface area (Å²) < 4.78 is 31.7. The van der Waals surface area contributed by atoms with Crippen molar-refractivity contribution in [1.82, 2.24) is 10.2 Å². The summed E-state index contributed by atoms with van der Waals surface area (Å²) in [5, 5.41) is 11.2. The number of nitrogens with one attached hydrogen (secondary N) is 1. The highest BCUT2D eigenvalue weighted by Crippen LogP contribution is 2.32.